The van der Waals surface area contributed by atoms with Gasteiger partial charge in [-0.2, -0.15) is 0 Å². The van der Waals surface area contributed by atoms with Crippen molar-refractivity contribution >= 4 is 17.6 Å². The first-order valence-electron chi connectivity index (χ1n) is 6.07. The van der Waals surface area contributed by atoms with Crippen LogP contribution < -0.4 is 9.64 Å². The number of nitrogens with zero attached hydrogens (tertiary/aromatic N) is 2. The molecule has 2 rings (SSSR count). The first kappa shape index (κ1) is 13.1. The van der Waals surface area contributed by atoms with Gasteiger partial charge in [0.1, 0.15) is 5.75 Å². The third-order valence-corrected chi connectivity index (χ3v) is 2.84. The molecule has 0 saturated carbocycles. The molecule has 0 saturated heterocycles. The number of benzene rings is 1. The van der Waals surface area contributed by atoms with Gasteiger partial charge < -0.3 is 14.5 Å². The molecule has 1 amide bonds. The summed E-state index contributed by atoms with van der Waals surface area (Å²) in [5.74, 6) is 0.242. The Morgan fingerprint density at radius 2 is 1.74 bits per heavy atom. The Morgan fingerprint density at radius 3 is 2.21 bits per heavy atom. The van der Waals surface area contributed by atoms with Crippen molar-refractivity contribution in [2.75, 3.05) is 18.0 Å². The van der Waals surface area contributed by atoms with Gasteiger partial charge in [-0.15, -0.1) is 0 Å². The van der Waals surface area contributed by atoms with Crippen LogP contribution in [0.25, 0.3) is 0 Å². The van der Waals surface area contributed by atoms with Crippen LogP contribution in [0.2, 0.25) is 0 Å². The molecule has 1 aromatic carbocycles. The summed E-state index contributed by atoms with van der Waals surface area (Å²) in [5, 5.41) is 0. The van der Waals surface area contributed by atoms with Gasteiger partial charge in [-0.25, -0.2) is 0 Å². The zero-order chi connectivity index (χ0) is 13.8. The van der Waals surface area contributed by atoms with E-state index in [2.05, 4.69) is 0 Å². The lowest BCUT2D eigenvalue weighted by molar-refractivity contribution is -0.132. The first-order chi connectivity index (χ1) is 9.06. The molecular weight excluding hydrogens is 244 g/mol. The van der Waals surface area contributed by atoms with E-state index in [-0.39, 0.29) is 11.9 Å². The number of ether oxygens (including phenoxy) is 1. The van der Waals surface area contributed by atoms with E-state index in [1.165, 1.54) is 6.92 Å². The molecule has 1 aliphatic rings. The predicted octanol–water partition coefficient (Wildman–Crippen LogP) is 1.75. The number of hydrogen-bond donors (Lipinski definition) is 0. The van der Waals surface area contributed by atoms with Gasteiger partial charge >= 0.3 is 5.97 Å². The third kappa shape index (κ3) is 3.34. The molecule has 1 heterocycles. The summed E-state index contributed by atoms with van der Waals surface area (Å²) in [6, 6.07) is 7.27. The summed E-state index contributed by atoms with van der Waals surface area (Å²) in [5.41, 5.74) is 0.996. The number of carbonyl (C=O) groups excluding carboxylic acids is 2. The SMILES string of the molecule is CC(=O)Oc1ccc(N2C=CN(C(C)=O)CC2)cc1. The minimum Gasteiger partial charge on any atom is -0.427 e. The molecule has 5 heteroatoms. The van der Waals surface area contributed by atoms with Gasteiger partial charge in [0, 0.05) is 45.0 Å². The zero-order valence-electron chi connectivity index (χ0n) is 11.0. The smallest absolute Gasteiger partial charge is 0.308 e. The van der Waals surface area contributed by atoms with E-state index in [0.717, 1.165) is 12.2 Å². The van der Waals surface area contributed by atoms with E-state index in [1.807, 2.05) is 23.2 Å². The molecule has 0 N–H and O–H groups in total. The summed E-state index contributed by atoms with van der Waals surface area (Å²) in [6.45, 7) is 4.33. The summed E-state index contributed by atoms with van der Waals surface area (Å²) in [4.78, 5) is 25.7. The van der Waals surface area contributed by atoms with Crippen LogP contribution in [0.1, 0.15) is 13.8 Å². The Labute approximate surface area is 112 Å². The number of esters is 1. The third-order valence-electron chi connectivity index (χ3n) is 2.84. The van der Waals surface area contributed by atoms with Crippen molar-refractivity contribution < 1.29 is 14.3 Å². The van der Waals surface area contributed by atoms with Crippen molar-refractivity contribution in [3.05, 3.63) is 36.7 Å². The Kier molecular flexibility index (Phi) is 3.85. The molecule has 0 aliphatic carbocycles. The first-order valence-corrected chi connectivity index (χ1v) is 6.07. The fourth-order valence-corrected chi connectivity index (χ4v) is 1.87. The summed E-state index contributed by atoms with van der Waals surface area (Å²) >= 11 is 0. The molecule has 5 nitrogen and oxygen atoms in total. The lowest BCUT2D eigenvalue weighted by atomic mass is 10.2. The summed E-state index contributed by atoms with van der Waals surface area (Å²) in [6.07, 6.45) is 3.64. The van der Waals surface area contributed by atoms with Crippen LogP contribution in [-0.2, 0) is 9.59 Å². The van der Waals surface area contributed by atoms with E-state index >= 15 is 0 Å². The minimum atomic E-state index is -0.331. The van der Waals surface area contributed by atoms with Crippen molar-refractivity contribution in [3.63, 3.8) is 0 Å². The number of hydrogen-bond acceptors (Lipinski definition) is 4. The number of amides is 1. The van der Waals surface area contributed by atoms with Gasteiger partial charge in [0.15, 0.2) is 0 Å². The van der Waals surface area contributed by atoms with Crippen molar-refractivity contribution in [3.8, 4) is 5.75 Å². The Morgan fingerprint density at radius 1 is 1.05 bits per heavy atom. The highest BCUT2D eigenvalue weighted by molar-refractivity contribution is 5.75. The second-order valence-electron chi connectivity index (χ2n) is 4.29. The van der Waals surface area contributed by atoms with Crippen molar-refractivity contribution in [1.29, 1.82) is 0 Å². The predicted molar refractivity (Wildman–Crippen MR) is 71.6 cm³/mol. The number of rotatable bonds is 2. The maximum atomic E-state index is 11.2. The van der Waals surface area contributed by atoms with Gasteiger partial charge in [-0.1, -0.05) is 0 Å². The molecule has 1 aromatic rings. The Hall–Kier alpha value is -2.30. The summed E-state index contributed by atoms with van der Waals surface area (Å²) in [7, 11) is 0. The van der Waals surface area contributed by atoms with Crippen molar-refractivity contribution in [2.24, 2.45) is 0 Å². The van der Waals surface area contributed by atoms with E-state index in [4.69, 9.17) is 4.74 Å². The fourth-order valence-electron chi connectivity index (χ4n) is 1.87. The molecule has 0 unspecified atom stereocenters. The van der Waals surface area contributed by atoms with Crippen LogP contribution in [-0.4, -0.2) is 29.9 Å². The lowest BCUT2D eigenvalue weighted by Gasteiger charge is -2.29. The number of carbonyl (C=O) groups is 2. The molecule has 0 bridgehead atoms. The van der Waals surface area contributed by atoms with Crippen LogP contribution in [0.4, 0.5) is 5.69 Å². The van der Waals surface area contributed by atoms with Gasteiger partial charge in [-0.3, -0.25) is 9.59 Å². The second kappa shape index (κ2) is 5.56. The molecule has 0 fully saturated rings. The molecule has 0 spiro atoms. The highest BCUT2D eigenvalue weighted by Crippen LogP contribution is 2.21. The van der Waals surface area contributed by atoms with Gasteiger partial charge in [-0.05, 0) is 24.3 Å². The largest absolute Gasteiger partial charge is 0.427 e. The van der Waals surface area contributed by atoms with Crippen molar-refractivity contribution in [1.82, 2.24) is 4.90 Å². The van der Waals surface area contributed by atoms with Crippen molar-refractivity contribution in [2.45, 2.75) is 13.8 Å². The average molecular weight is 260 g/mol. The monoisotopic (exact) mass is 260 g/mol. The fraction of sp³-hybridized carbons (Fsp3) is 0.286. The van der Waals surface area contributed by atoms with Crippen LogP contribution in [0.5, 0.6) is 5.75 Å². The van der Waals surface area contributed by atoms with Gasteiger partial charge in [0.2, 0.25) is 5.91 Å². The zero-order valence-corrected chi connectivity index (χ0v) is 11.0. The summed E-state index contributed by atoms with van der Waals surface area (Å²) < 4.78 is 4.98. The van der Waals surface area contributed by atoms with Gasteiger partial charge in [0.25, 0.3) is 0 Å². The highest BCUT2D eigenvalue weighted by atomic mass is 16.5. The minimum absolute atomic E-state index is 0.0427. The molecule has 0 radical (unpaired) electrons. The maximum absolute atomic E-state index is 11.2. The van der Waals surface area contributed by atoms with E-state index in [0.29, 0.717) is 12.3 Å². The highest BCUT2D eigenvalue weighted by Gasteiger charge is 2.13. The lowest BCUT2D eigenvalue weighted by Crippen LogP contribution is -2.36. The second-order valence-corrected chi connectivity index (χ2v) is 4.29. The molecular formula is C14H16N2O3. The van der Waals surface area contributed by atoms with Crippen LogP contribution in [0.3, 0.4) is 0 Å². The molecule has 100 valence electrons. The maximum Gasteiger partial charge on any atom is 0.308 e. The van der Waals surface area contributed by atoms with Crippen LogP contribution in [0.15, 0.2) is 36.7 Å². The van der Waals surface area contributed by atoms with Gasteiger partial charge in [0.05, 0.1) is 0 Å². The molecule has 0 aromatic heterocycles. The molecule has 19 heavy (non-hydrogen) atoms. The van der Waals surface area contributed by atoms with Crippen LogP contribution in [0, 0.1) is 0 Å². The standard InChI is InChI=1S/C14H16N2O3/c1-11(17)15-7-9-16(10-8-15)13-3-5-14(6-4-13)19-12(2)18/h3-7,9H,8,10H2,1-2H3. The van der Waals surface area contributed by atoms with Crippen LogP contribution >= 0.6 is 0 Å². The average Bonchev–Trinajstić information content (AvgIpc) is 2.39. The Balaban J connectivity index is 2.05. The van der Waals surface area contributed by atoms with E-state index < -0.39 is 0 Å². The Bertz CT molecular complexity index is 508. The number of anilines is 1. The van der Waals surface area contributed by atoms with E-state index in [1.54, 1.807) is 30.2 Å². The molecule has 1 aliphatic heterocycles. The molecule has 0 atom stereocenters. The quantitative estimate of drug-likeness (QED) is 0.600. The normalized spacial score (nSPS) is 14.4. The van der Waals surface area contributed by atoms with E-state index in [9.17, 15) is 9.59 Å². The topological polar surface area (TPSA) is 49.9 Å².